The Labute approximate surface area is 177 Å². The van der Waals surface area contributed by atoms with Gasteiger partial charge in [-0.05, 0) is 67.8 Å². The van der Waals surface area contributed by atoms with Crippen LogP contribution in [0.25, 0.3) is 0 Å². The molecular formula is C13H11I3N2O6. The van der Waals surface area contributed by atoms with E-state index in [0.29, 0.717) is 3.57 Å². The second-order valence-corrected chi connectivity index (χ2v) is 7.66. The SMILES string of the molecule is CNC(=O)c1c(I)c(C(=O)O)c(I)c(N(CC(=O)O)C(C)=O)c1I. The van der Waals surface area contributed by atoms with Crippen LogP contribution in [-0.2, 0) is 9.59 Å². The predicted molar refractivity (Wildman–Crippen MR) is 111 cm³/mol. The molecule has 0 bridgehead atoms. The largest absolute Gasteiger partial charge is 0.480 e. The second kappa shape index (κ2) is 8.59. The molecular weight excluding hydrogens is 661 g/mol. The van der Waals surface area contributed by atoms with Crippen LogP contribution < -0.4 is 10.2 Å². The summed E-state index contributed by atoms with van der Waals surface area (Å²) in [4.78, 5) is 47.7. The molecule has 1 rings (SSSR count). The van der Waals surface area contributed by atoms with Crippen molar-refractivity contribution in [1.82, 2.24) is 5.32 Å². The Morgan fingerprint density at radius 1 is 1.00 bits per heavy atom. The Bertz CT molecular complexity index is 750. The highest BCUT2D eigenvalue weighted by Gasteiger charge is 2.31. The van der Waals surface area contributed by atoms with Gasteiger partial charge in [0, 0.05) is 17.5 Å². The van der Waals surface area contributed by atoms with Crippen molar-refractivity contribution >= 4 is 97.2 Å². The molecule has 0 aromatic heterocycles. The third-order valence-corrected chi connectivity index (χ3v) is 6.08. The van der Waals surface area contributed by atoms with Crippen molar-refractivity contribution in [3.63, 3.8) is 0 Å². The van der Waals surface area contributed by atoms with Gasteiger partial charge < -0.3 is 15.5 Å². The van der Waals surface area contributed by atoms with Crippen LogP contribution in [-0.4, -0.2) is 47.6 Å². The fourth-order valence-electron chi connectivity index (χ4n) is 1.88. The normalized spacial score (nSPS) is 10.2. The minimum Gasteiger partial charge on any atom is -0.480 e. The molecule has 0 saturated heterocycles. The first-order valence-corrected chi connectivity index (χ1v) is 9.43. The Hall–Kier alpha value is -0.710. The van der Waals surface area contributed by atoms with Gasteiger partial charge in [-0.3, -0.25) is 19.3 Å². The van der Waals surface area contributed by atoms with Crippen LogP contribution in [0, 0.1) is 10.7 Å². The lowest BCUT2D eigenvalue weighted by Gasteiger charge is -2.25. The van der Waals surface area contributed by atoms with Crippen molar-refractivity contribution in [3.05, 3.63) is 21.8 Å². The molecule has 11 heteroatoms. The number of nitrogens with zero attached hydrogens (tertiary/aromatic N) is 1. The highest BCUT2D eigenvalue weighted by molar-refractivity contribution is 14.1. The quantitative estimate of drug-likeness (QED) is 0.412. The van der Waals surface area contributed by atoms with Crippen molar-refractivity contribution in [2.24, 2.45) is 0 Å². The summed E-state index contributed by atoms with van der Waals surface area (Å²) in [6.07, 6.45) is 0. The van der Waals surface area contributed by atoms with E-state index in [9.17, 15) is 24.3 Å². The van der Waals surface area contributed by atoms with E-state index in [-0.39, 0.29) is 24.0 Å². The standard InChI is InChI=1S/C13H11I3N2O6/c1-4(19)18(3-5(20)21)11-9(15)6(12(22)17-2)8(14)7(10(11)16)13(23)24/h3H2,1-2H3,(H,17,22)(H,20,21)(H,23,24). The molecule has 0 atom stereocenters. The molecule has 130 valence electrons. The minimum atomic E-state index is -1.27. The summed E-state index contributed by atoms with van der Waals surface area (Å²) in [5.74, 6) is -3.63. The van der Waals surface area contributed by atoms with E-state index >= 15 is 0 Å². The van der Waals surface area contributed by atoms with E-state index in [2.05, 4.69) is 5.32 Å². The van der Waals surface area contributed by atoms with Crippen LogP contribution in [0.4, 0.5) is 5.69 Å². The zero-order valence-corrected chi connectivity index (χ0v) is 18.8. The summed E-state index contributed by atoms with van der Waals surface area (Å²) in [5, 5.41) is 20.9. The van der Waals surface area contributed by atoms with E-state index in [1.165, 1.54) is 14.0 Å². The van der Waals surface area contributed by atoms with Gasteiger partial charge in [0.2, 0.25) is 5.91 Å². The maximum absolute atomic E-state index is 12.2. The fraction of sp³-hybridized carbons (Fsp3) is 0.231. The van der Waals surface area contributed by atoms with Gasteiger partial charge in [-0.2, -0.15) is 0 Å². The van der Waals surface area contributed by atoms with Crippen LogP contribution in [0.1, 0.15) is 27.6 Å². The van der Waals surface area contributed by atoms with Crippen molar-refractivity contribution in [2.45, 2.75) is 6.92 Å². The Morgan fingerprint density at radius 2 is 1.50 bits per heavy atom. The van der Waals surface area contributed by atoms with Gasteiger partial charge in [-0.1, -0.05) is 0 Å². The van der Waals surface area contributed by atoms with Gasteiger partial charge in [0.05, 0.1) is 24.0 Å². The van der Waals surface area contributed by atoms with E-state index < -0.39 is 30.3 Å². The molecule has 0 unspecified atom stereocenters. The zero-order chi connectivity index (χ0) is 18.8. The Morgan fingerprint density at radius 3 is 1.88 bits per heavy atom. The molecule has 3 N–H and O–H groups in total. The number of aromatic carboxylic acids is 1. The number of rotatable bonds is 5. The predicted octanol–water partition coefficient (Wildman–Crippen LogP) is 2.00. The molecule has 1 aromatic carbocycles. The van der Waals surface area contributed by atoms with Gasteiger partial charge in [0.1, 0.15) is 6.54 Å². The molecule has 0 heterocycles. The lowest BCUT2D eigenvalue weighted by molar-refractivity contribution is -0.136. The topological polar surface area (TPSA) is 124 Å². The molecule has 8 nitrogen and oxygen atoms in total. The van der Waals surface area contributed by atoms with Gasteiger partial charge in [0.15, 0.2) is 0 Å². The summed E-state index contributed by atoms with van der Waals surface area (Å²) < 4.78 is 0.719. The number of halogens is 3. The minimum absolute atomic E-state index is 0.0863. The van der Waals surface area contributed by atoms with Gasteiger partial charge in [-0.15, -0.1) is 0 Å². The molecule has 0 fully saturated rings. The molecule has 0 radical (unpaired) electrons. The highest BCUT2D eigenvalue weighted by atomic mass is 127. The zero-order valence-electron chi connectivity index (χ0n) is 12.3. The summed E-state index contributed by atoms with van der Waals surface area (Å²) in [5.41, 5.74) is 0.0347. The maximum atomic E-state index is 12.2. The Kier molecular flexibility index (Phi) is 7.64. The van der Waals surface area contributed by atoms with Crippen LogP contribution in [0.2, 0.25) is 0 Å². The summed E-state index contributed by atoms with van der Waals surface area (Å²) >= 11 is 5.32. The summed E-state index contributed by atoms with van der Waals surface area (Å²) in [6, 6.07) is 0. The van der Waals surface area contributed by atoms with E-state index in [0.717, 1.165) is 4.90 Å². The van der Waals surface area contributed by atoms with Crippen LogP contribution >= 0.6 is 67.8 Å². The van der Waals surface area contributed by atoms with E-state index in [1.807, 2.05) is 22.6 Å². The number of amides is 2. The number of carbonyl (C=O) groups excluding carboxylic acids is 2. The molecule has 0 aliphatic carbocycles. The number of aliphatic carboxylic acids is 1. The summed E-state index contributed by atoms with van der Waals surface area (Å²) in [6.45, 7) is 0.529. The van der Waals surface area contributed by atoms with Crippen molar-refractivity contribution in [2.75, 3.05) is 18.5 Å². The first-order chi connectivity index (χ1) is 11.0. The van der Waals surface area contributed by atoms with Crippen LogP contribution in [0.3, 0.4) is 0 Å². The molecule has 24 heavy (non-hydrogen) atoms. The first kappa shape index (κ1) is 21.3. The number of hydrogen-bond acceptors (Lipinski definition) is 4. The molecule has 0 spiro atoms. The van der Waals surface area contributed by atoms with E-state index in [1.54, 1.807) is 45.2 Å². The average molecular weight is 672 g/mol. The molecule has 2 amide bonds. The van der Waals surface area contributed by atoms with Crippen molar-refractivity contribution < 1.29 is 29.4 Å². The number of carboxylic acid groups (broad SMARTS) is 2. The Balaban J connectivity index is 3.92. The molecule has 1 aromatic rings. The highest BCUT2D eigenvalue weighted by Crippen LogP contribution is 2.38. The van der Waals surface area contributed by atoms with Crippen molar-refractivity contribution in [1.29, 1.82) is 0 Å². The molecule has 0 aliphatic rings. The van der Waals surface area contributed by atoms with Gasteiger partial charge in [0.25, 0.3) is 5.91 Å². The fourth-order valence-corrected chi connectivity index (χ4v) is 6.58. The van der Waals surface area contributed by atoms with Gasteiger partial charge >= 0.3 is 11.9 Å². The lowest BCUT2D eigenvalue weighted by Crippen LogP contribution is -2.36. The molecule has 0 aliphatic heterocycles. The molecule has 0 saturated carbocycles. The third kappa shape index (κ3) is 4.27. The van der Waals surface area contributed by atoms with Crippen LogP contribution in [0.5, 0.6) is 0 Å². The third-order valence-electron chi connectivity index (χ3n) is 2.91. The number of carbonyl (C=O) groups is 4. The monoisotopic (exact) mass is 672 g/mol. The smallest absolute Gasteiger partial charge is 0.337 e. The summed E-state index contributed by atoms with van der Waals surface area (Å²) in [7, 11) is 1.40. The number of nitrogens with one attached hydrogen (secondary N) is 1. The van der Waals surface area contributed by atoms with Gasteiger partial charge in [-0.25, -0.2) is 4.79 Å². The van der Waals surface area contributed by atoms with Crippen molar-refractivity contribution in [3.8, 4) is 0 Å². The lowest BCUT2D eigenvalue weighted by atomic mass is 10.1. The van der Waals surface area contributed by atoms with Crippen LogP contribution in [0.15, 0.2) is 0 Å². The number of anilines is 1. The maximum Gasteiger partial charge on any atom is 0.337 e. The second-order valence-electron chi connectivity index (χ2n) is 4.42. The van der Waals surface area contributed by atoms with E-state index in [4.69, 9.17) is 5.11 Å². The average Bonchev–Trinajstić information content (AvgIpc) is 2.44. The first-order valence-electron chi connectivity index (χ1n) is 6.20. The number of benzene rings is 1. The number of carboxylic acids is 2. The number of hydrogen-bond donors (Lipinski definition) is 3.